The minimum atomic E-state index is -2.79. The van der Waals surface area contributed by atoms with Gasteiger partial charge < -0.3 is 4.90 Å². The second-order valence-electron chi connectivity index (χ2n) is 6.46. The number of hydrogen-bond donors (Lipinski definition) is 0. The third kappa shape index (κ3) is 6.35. The minimum absolute atomic E-state index is 0.106. The lowest BCUT2D eigenvalue weighted by molar-refractivity contribution is -0.131. The van der Waals surface area contributed by atoms with Crippen LogP contribution in [0.25, 0.3) is 0 Å². The zero-order valence-electron chi connectivity index (χ0n) is 15.3. The molecule has 0 aliphatic carbocycles. The van der Waals surface area contributed by atoms with Crippen LogP contribution in [0.15, 0.2) is 70.5 Å². The van der Waals surface area contributed by atoms with Gasteiger partial charge in [-0.1, -0.05) is 47.8 Å². The minimum Gasteiger partial charge on any atom is -0.339 e. The molecular formula is C20H24NO2PS3. The highest BCUT2D eigenvalue weighted by atomic mass is 33.4. The molecule has 0 saturated carbocycles. The summed E-state index contributed by atoms with van der Waals surface area (Å²) in [5.41, 5.74) is 0. The fourth-order valence-electron chi connectivity index (χ4n) is 2.98. The molecule has 1 atom stereocenters. The van der Waals surface area contributed by atoms with Crippen molar-refractivity contribution in [2.45, 2.75) is 42.0 Å². The Hall–Kier alpha value is -0.810. The number of hydrogen-bond acceptors (Lipinski definition) is 5. The largest absolute Gasteiger partial charge is 0.339 e. The Balaban J connectivity index is 1.71. The molecule has 1 heterocycles. The molecule has 2 aromatic rings. The van der Waals surface area contributed by atoms with Crippen LogP contribution in [0.5, 0.6) is 0 Å². The summed E-state index contributed by atoms with van der Waals surface area (Å²) >= 11 is 4.08. The van der Waals surface area contributed by atoms with Crippen molar-refractivity contribution in [1.29, 1.82) is 0 Å². The van der Waals surface area contributed by atoms with Crippen LogP contribution in [-0.4, -0.2) is 29.1 Å². The lowest BCUT2D eigenvalue weighted by Gasteiger charge is -2.33. The van der Waals surface area contributed by atoms with Gasteiger partial charge in [-0.25, -0.2) is 0 Å². The van der Waals surface area contributed by atoms with Gasteiger partial charge in [-0.3, -0.25) is 9.36 Å². The maximum atomic E-state index is 13.7. The van der Waals surface area contributed by atoms with E-state index in [9.17, 15) is 9.36 Å². The average molecular weight is 438 g/mol. The Kier molecular flexibility index (Phi) is 7.83. The number of carbonyl (C=O) groups excluding carboxylic acids is 1. The number of benzene rings is 2. The van der Waals surface area contributed by atoms with Gasteiger partial charge in [0.2, 0.25) is 5.91 Å². The van der Waals surface area contributed by atoms with Crippen LogP contribution in [-0.2, 0) is 9.36 Å². The highest BCUT2D eigenvalue weighted by molar-refractivity contribution is 9.14. The fourth-order valence-corrected chi connectivity index (χ4v) is 13.5. The Morgan fingerprint density at radius 2 is 1.56 bits per heavy atom. The maximum absolute atomic E-state index is 13.7. The van der Waals surface area contributed by atoms with E-state index >= 15 is 0 Å². The summed E-state index contributed by atoms with van der Waals surface area (Å²) in [6, 6.07) is 19.9. The average Bonchev–Trinajstić information content (AvgIpc) is 2.68. The molecule has 144 valence electrons. The molecule has 0 bridgehead atoms. The molecular weight excluding hydrogens is 413 g/mol. The first-order chi connectivity index (χ1) is 13.1. The van der Waals surface area contributed by atoms with Crippen molar-refractivity contribution in [3.8, 4) is 0 Å². The second-order valence-corrected chi connectivity index (χ2v) is 17.8. The van der Waals surface area contributed by atoms with Crippen LogP contribution in [0.1, 0.15) is 26.2 Å². The van der Waals surface area contributed by atoms with E-state index < -0.39 is 4.75 Å². The lowest BCUT2D eigenvalue weighted by Crippen LogP contribution is -2.42. The first kappa shape index (κ1) is 20.9. The van der Waals surface area contributed by atoms with Crippen LogP contribution in [0.2, 0.25) is 0 Å². The summed E-state index contributed by atoms with van der Waals surface area (Å²) in [4.78, 5) is 16.6. The molecule has 0 radical (unpaired) electrons. The van der Waals surface area contributed by atoms with Crippen LogP contribution in [0, 0.1) is 0 Å². The number of nitrogens with zero attached hydrogens (tertiary/aromatic N) is 1. The molecule has 3 nitrogen and oxygen atoms in total. The molecule has 2 aromatic carbocycles. The molecule has 0 N–H and O–H groups in total. The first-order valence-corrected chi connectivity index (χ1v) is 15.2. The third-order valence-electron chi connectivity index (χ3n) is 4.39. The molecule has 0 spiro atoms. The van der Waals surface area contributed by atoms with Gasteiger partial charge in [-0.2, -0.15) is 0 Å². The van der Waals surface area contributed by atoms with Crippen molar-refractivity contribution in [3.63, 3.8) is 0 Å². The van der Waals surface area contributed by atoms with E-state index in [1.807, 2.05) is 65.6 Å². The van der Waals surface area contributed by atoms with Crippen molar-refractivity contribution in [1.82, 2.24) is 4.90 Å². The summed E-state index contributed by atoms with van der Waals surface area (Å²) in [5, 5.41) is 0. The predicted octanol–water partition coefficient (Wildman–Crippen LogP) is 6.81. The van der Waals surface area contributed by atoms with E-state index in [0.717, 1.165) is 29.2 Å². The summed E-state index contributed by atoms with van der Waals surface area (Å²) in [6.07, 6.45) is 3.31. The van der Waals surface area contributed by atoms with Crippen LogP contribution in [0.3, 0.4) is 0 Å². The van der Waals surface area contributed by atoms with Crippen molar-refractivity contribution in [2.75, 3.05) is 12.3 Å². The Labute approximate surface area is 173 Å². The second kappa shape index (κ2) is 10.1. The Bertz CT molecular complexity index is 743. The predicted molar refractivity (Wildman–Crippen MR) is 120 cm³/mol. The van der Waals surface area contributed by atoms with Gasteiger partial charge in [0.05, 0.1) is 5.75 Å². The molecule has 0 aromatic heterocycles. The number of piperidine rings is 1. The lowest BCUT2D eigenvalue weighted by atomic mass is 10.0. The number of rotatable bonds is 7. The monoisotopic (exact) mass is 437 g/mol. The number of likely N-dealkylation sites (tertiary alicyclic amines) is 1. The molecule has 1 aliphatic heterocycles. The van der Waals surface area contributed by atoms with Crippen LogP contribution < -0.4 is 0 Å². The topological polar surface area (TPSA) is 37.4 Å². The zero-order valence-corrected chi connectivity index (χ0v) is 18.7. The van der Waals surface area contributed by atoms with Crippen LogP contribution >= 0.6 is 38.9 Å². The fraction of sp³-hybridized carbons (Fsp3) is 0.350. The molecule has 1 amide bonds. The molecule has 7 heteroatoms. The third-order valence-corrected chi connectivity index (χ3v) is 15.0. The van der Waals surface area contributed by atoms with Crippen molar-refractivity contribution >= 4 is 44.8 Å². The summed E-state index contributed by atoms with van der Waals surface area (Å²) in [6.45, 7) is 2.93. The van der Waals surface area contributed by atoms with E-state index in [4.69, 9.17) is 0 Å². The normalized spacial score (nSPS) is 17.7. The maximum Gasteiger partial charge on any atom is 0.253 e. The molecule has 3 rings (SSSR count). The van der Waals surface area contributed by atoms with Gasteiger partial charge in [0, 0.05) is 22.4 Å². The summed E-state index contributed by atoms with van der Waals surface area (Å²) in [5.74, 6) is 0.371. The van der Waals surface area contributed by atoms with Gasteiger partial charge >= 0.3 is 0 Å². The van der Waals surface area contributed by atoms with E-state index in [1.54, 1.807) is 0 Å². The molecule has 1 aliphatic rings. The standard InChI is InChI=1S/C20H24NO2PS3/c1-17-10-8-9-15-21(17)20(22)16-25-24(23,26-18-11-4-2-5-12-18)27-19-13-6-3-7-14-19/h2-7,11-14,17H,8-10,15-16H2,1H3. The van der Waals surface area contributed by atoms with Crippen LogP contribution in [0.4, 0.5) is 0 Å². The highest BCUT2D eigenvalue weighted by Crippen LogP contribution is 2.81. The van der Waals surface area contributed by atoms with E-state index in [2.05, 4.69) is 6.92 Å². The summed E-state index contributed by atoms with van der Waals surface area (Å²) < 4.78 is 11.0. The Morgan fingerprint density at radius 1 is 1.00 bits per heavy atom. The summed E-state index contributed by atoms with van der Waals surface area (Å²) in [7, 11) is 0. The molecule has 1 fully saturated rings. The molecule has 27 heavy (non-hydrogen) atoms. The van der Waals surface area contributed by atoms with E-state index in [-0.39, 0.29) is 17.7 Å². The first-order valence-electron chi connectivity index (χ1n) is 9.09. The van der Waals surface area contributed by atoms with E-state index in [0.29, 0.717) is 0 Å². The van der Waals surface area contributed by atoms with Gasteiger partial charge in [-0.15, -0.1) is 0 Å². The van der Waals surface area contributed by atoms with E-state index in [1.165, 1.54) is 40.6 Å². The van der Waals surface area contributed by atoms with Gasteiger partial charge in [0.25, 0.3) is 4.75 Å². The quantitative estimate of drug-likeness (QED) is 0.445. The SMILES string of the molecule is CC1CCCCN1C(=O)CSP(=O)(Sc1ccccc1)Sc1ccccc1. The molecule has 1 saturated heterocycles. The number of carbonyl (C=O) groups is 1. The highest BCUT2D eigenvalue weighted by Gasteiger charge is 2.30. The van der Waals surface area contributed by atoms with Crippen molar-refractivity contribution < 1.29 is 9.36 Å². The zero-order chi connectivity index (χ0) is 19.1. The number of amides is 1. The van der Waals surface area contributed by atoms with Gasteiger partial charge in [0.15, 0.2) is 0 Å². The molecule has 1 unspecified atom stereocenters. The smallest absolute Gasteiger partial charge is 0.253 e. The Morgan fingerprint density at radius 3 is 2.07 bits per heavy atom. The van der Waals surface area contributed by atoms with Crippen molar-refractivity contribution in [3.05, 3.63) is 60.7 Å². The van der Waals surface area contributed by atoms with Gasteiger partial charge in [-0.05, 0) is 73.2 Å². The van der Waals surface area contributed by atoms with Gasteiger partial charge in [0.1, 0.15) is 0 Å². The van der Waals surface area contributed by atoms with Crippen molar-refractivity contribution in [2.24, 2.45) is 0 Å².